The molecule has 0 aliphatic carbocycles. The third-order valence-electron chi connectivity index (χ3n) is 2.50. The van der Waals surface area contributed by atoms with Crippen LogP contribution < -0.4 is 5.32 Å². The van der Waals surface area contributed by atoms with Crippen molar-refractivity contribution in [3.63, 3.8) is 0 Å². The molecular formula is C12H20N4O. The van der Waals surface area contributed by atoms with Crippen molar-refractivity contribution in [2.24, 2.45) is 0 Å². The molecule has 0 saturated carbocycles. The second-order valence-electron chi connectivity index (χ2n) is 4.21. The number of hydrogen-bond donors (Lipinski definition) is 1. The molecule has 94 valence electrons. The van der Waals surface area contributed by atoms with Crippen molar-refractivity contribution in [3.05, 3.63) is 24.0 Å². The lowest BCUT2D eigenvalue weighted by Gasteiger charge is -2.19. The molecule has 0 spiro atoms. The number of carbonyl (C=O) groups excluding carboxylic acids is 1. The highest BCUT2D eigenvalue weighted by Gasteiger charge is 2.13. The molecule has 1 amide bonds. The van der Waals surface area contributed by atoms with Crippen molar-refractivity contribution >= 4 is 11.6 Å². The number of aromatic nitrogens is 1. The maximum atomic E-state index is 12.0. The van der Waals surface area contributed by atoms with Gasteiger partial charge < -0.3 is 15.1 Å². The summed E-state index contributed by atoms with van der Waals surface area (Å²) in [6.07, 6.45) is 1.64. The highest BCUT2D eigenvalue weighted by atomic mass is 16.2. The first kappa shape index (κ1) is 13.4. The van der Waals surface area contributed by atoms with Crippen LogP contribution in [0.2, 0.25) is 0 Å². The van der Waals surface area contributed by atoms with E-state index in [0.29, 0.717) is 12.2 Å². The van der Waals surface area contributed by atoms with Gasteiger partial charge in [0.15, 0.2) is 0 Å². The molecule has 0 aromatic carbocycles. The number of anilines is 1. The summed E-state index contributed by atoms with van der Waals surface area (Å²) in [6, 6.07) is 3.59. The second-order valence-corrected chi connectivity index (χ2v) is 4.21. The van der Waals surface area contributed by atoms with E-state index in [2.05, 4.69) is 10.3 Å². The zero-order valence-corrected chi connectivity index (χ0v) is 10.9. The lowest BCUT2D eigenvalue weighted by atomic mass is 10.3. The molecule has 0 aliphatic heterocycles. The van der Waals surface area contributed by atoms with E-state index in [4.69, 9.17) is 0 Å². The van der Waals surface area contributed by atoms with Crippen LogP contribution in [0.4, 0.5) is 5.69 Å². The molecule has 1 heterocycles. The van der Waals surface area contributed by atoms with Crippen LogP contribution >= 0.6 is 0 Å². The van der Waals surface area contributed by atoms with Crippen molar-refractivity contribution in [2.75, 3.05) is 46.6 Å². The van der Waals surface area contributed by atoms with Crippen molar-refractivity contribution in [1.29, 1.82) is 0 Å². The third kappa shape index (κ3) is 4.03. The van der Waals surface area contributed by atoms with Gasteiger partial charge in [0, 0.05) is 39.1 Å². The molecular weight excluding hydrogens is 216 g/mol. The van der Waals surface area contributed by atoms with Crippen LogP contribution in [-0.4, -0.2) is 62.0 Å². The SMILES string of the molecule is CNc1ccnc(C(=O)N(C)CCN(C)C)c1. The van der Waals surface area contributed by atoms with Crippen LogP contribution in [0, 0.1) is 0 Å². The molecule has 5 heteroatoms. The van der Waals surface area contributed by atoms with Gasteiger partial charge in [0.05, 0.1) is 0 Å². The Morgan fingerprint density at radius 2 is 2.06 bits per heavy atom. The van der Waals surface area contributed by atoms with Gasteiger partial charge >= 0.3 is 0 Å². The number of hydrogen-bond acceptors (Lipinski definition) is 4. The summed E-state index contributed by atoms with van der Waals surface area (Å²) >= 11 is 0. The number of nitrogens with one attached hydrogen (secondary N) is 1. The maximum Gasteiger partial charge on any atom is 0.272 e. The standard InChI is InChI=1S/C12H20N4O/c1-13-10-5-6-14-11(9-10)12(17)16(4)8-7-15(2)3/h5-6,9H,7-8H2,1-4H3,(H,13,14). The molecule has 0 unspecified atom stereocenters. The quantitative estimate of drug-likeness (QED) is 0.820. The average molecular weight is 236 g/mol. The molecule has 1 aromatic rings. The molecule has 0 aliphatic rings. The Labute approximate surface area is 102 Å². The Kier molecular flexibility index (Phi) is 4.90. The van der Waals surface area contributed by atoms with E-state index in [9.17, 15) is 4.79 Å². The number of nitrogens with zero attached hydrogens (tertiary/aromatic N) is 3. The van der Waals surface area contributed by atoms with E-state index >= 15 is 0 Å². The Bertz CT molecular complexity index is 379. The van der Waals surface area contributed by atoms with Gasteiger partial charge in [-0.25, -0.2) is 0 Å². The van der Waals surface area contributed by atoms with Gasteiger partial charge in [-0.05, 0) is 26.2 Å². The minimum atomic E-state index is -0.0519. The smallest absolute Gasteiger partial charge is 0.272 e. The molecule has 1 aromatic heterocycles. The van der Waals surface area contributed by atoms with Crippen molar-refractivity contribution in [1.82, 2.24) is 14.8 Å². The molecule has 0 radical (unpaired) electrons. The van der Waals surface area contributed by atoms with Gasteiger partial charge in [-0.2, -0.15) is 0 Å². The van der Waals surface area contributed by atoms with Gasteiger partial charge in [0.2, 0.25) is 0 Å². The number of pyridine rings is 1. The van der Waals surface area contributed by atoms with Crippen molar-refractivity contribution in [3.8, 4) is 0 Å². The van der Waals surface area contributed by atoms with Gasteiger partial charge in [-0.15, -0.1) is 0 Å². The monoisotopic (exact) mass is 236 g/mol. The van der Waals surface area contributed by atoms with E-state index in [1.54, 1.807) is 24.2 Å². The van der Waals surface area contributed by atoms with Gasteiger partial charge in [-0.1, -0.05) is 0 Å². The summed E-state index contributed by atoms with van der Waals surface area (Å²) in [5, 5.41) is 2.99. The summed E-state index contributed by atoms with van der Waals surface area (Å²) in [7, 11) is 7.58. The molecule has 0 bridgehead atoms. The Balaban J connectivity index is 2.67. The van der Waals surface area contributed by atoms with E-state index in [0.717, 1.165) is 12.2 Å². The zero-order valence-electron chi connectivity index (χ0n) is 10.9. The van der Waals surface area contributed by atoms with Crippen LogP contribution in [0.25, 0.3) is 0 Å². The summed E-state index contributed by atoms with van der Waals surface area (Å²) in [5.74, 6) is -0.0519. The zero-order chi connectivity index (χ0) is 12.8. The minimum Gasteiger partial charge on any atom is -0.388 e. The van der Waals surface area contributed by atoms with E-state index in [1.165, 1.54) is 0 Å². The molecule has 1 N–H and O–H groups in total. The fourth-order valence-electron chi connectivity index (χ4n) is 1.35. The first-order valence-corrected chi connectivity index (χ1v) is 5.58. The predicted octanol–water partition coefficient (Wildman–Crippen LogP) is 0.757. The fourth-order valence-corrected chi connectivity index (χ4v) is 1.35. The Morgan fingerprint density at radius 1 is 1.35 bits per heavy atom. The van der Waals surface area contributed by atoms with Crippen LogP contribution in [-0.2, 0) is 0 Å². The lowest BCUT2D eigenvalue weighted by Crippen LogP contribution is -2.33. The summed E-state index contributed by atoms with van der Waals surface area (Å²) in [5.41, 5.74) is 1.36. The van der Waals surface area contributed by atoms with Crippen molar-refractivity contribution in [2.45, 2.75) is 0 Å². The predicted molar refractivity (Wildman–Crippen MR) is 69.3 cm³/mol. The Morgan fingerprint density at radius 3 is 2.65 bits per heavy atom. The largest absolute Gasteiger partial charge is 0.388 e. The highest BCUT2D eigenvalue weighted by Crippen LogP contribution is 2.08. The van der Waals surface area contributed by atoms with Crippen LogP contribution in [0.3, 0.4) is 0 Å². The number of carbonyl (C=O) groups is 1. The van der Waals surface area contributed by atoms with Crippen LogP contribution in [0.5, 0.6) is 0 Å². The average Bonchev–Trinajstić information content (AvgIpc) is 2.35. The molecule has 1 rings (SSSR count). The number of amides is 1. The third-order valence-corrected chi connectivity index (χ3v) is 2.50. The topological polar surface area (TPSA) is 48.5 Å². The van der Waals surface area contributed by atoms with Crippen LogP contribution in [0.1, 0.15) is 10.5 Å². The molecule has 0 fully saturated rings. The second kappa shape index (κ2) is 6.20. The van der Waals surface area contributed by atoms with E-state index in [-0.39, 0.29) is 5.91 Å². The van der Waals surface area contributed by atoms with Gasteiger partial charge in [0.25, 0.3) is 5.91 Å². The highest BCUT2D eigenvalue weighted by molar-refractivity contribution is 5.92. The molecule has 0 atom stereocenters. The van der Waals surface area contributed by atoms with Gasteiger partial charge in [-0.3, -0.25) is 9.78 Å². The van der Waals surface area contributed by atoms with Crippen molar-refractivity contribution < 1.29 is 4.79 Å². The van der Waals surface area contributed by atoms with E-state index in [1.807, 2.05) is 32.1 Å². The number of rotatable bonds is 5. The molecule has 5 nitrogen and oxygen atoms in total. The maximum absolute atomic E-state index is 12.0. The molecule has 17 heavy (non-hydrogen) atoms. The lowest BCUT2D eigenvalue weighted by molar-refractivity contribution is 0.0780. The molecule has 0 saturated heterocycles. The first-order valence-electron chi connectivity index (χ1n) is 5.58. The summed E-state index contributed by atoms with van der Waals surface area (Å²) in [4.78, 5) is 19.9. The minimum absolute atomic E-state index is 0.0519. The summed E-state index contributed by atoms with van der Waals surface area (Å²) in [6.45, 7) is 1.53. The van der Waals surface area contributed by atoms with Gasteiger partial charge in [0.1, 0.15) is 5.69 Å². The fraction of sp³-hybridized carbons (Fsp3) is 0.500. The normalized spacial score (nSPS) is 10.4. The summed E-state index contributed by atoms with van der Waals surface area (Å²) < 4.78 is 0. The Hall–Kier alpha value is -1.62. The van der Waals surface area contributed by atoms with E-state index < -0.39 is 0 Å². The first-order chi connectivity index (χ1) is 8.04. The number of likely N-dealkylation sites (N-methyl/N-ethyl adjacent to an activating group) is 2. The van der Waals surface area contributed by atoms with Crippen LogP contribution in [0.15, 0.2) is 18.3 Å².